The number of hydrogen-bond donors (Lipinski definition) is 1. The van der Waals surface area contributed by atoms with Crippen molar-refractivity contribution in [2.45, 2.75) is 0 Å². The van der Waals surface area contributed by atoms with Gasteiger partial charge in [-0.15, -0.1) is 0 Å². The van der Waals surface area contributed by atoms with E-state index in [1.165, 1.54) is 11.1 Å². The summed E-state index contributed by atoms with van der Waals surface area (Å²) in [6, 6.07) is 8.11. The summed E-state index contributed by atoms with van der Waals surface area (Å²) in [7, 11) is 0. The zero-order valence-corrected chi connectivity index (χ0v) is 11.4. The van der Waals surface area contributed by atoms with Crippen LogP contribution in [0.4, 0.5) is 5.69 Å². The van der Waals surface area contributed by atoms with Gasteiger partial charge in [-0.25, -0.2) is 0 Å². The van der Waals surface area contributed by atoms with Gasteiger partial charge in [0.15, 0.2) is 0 Å². The van der Waals surface area contributed by atoms with Gasteiger partial charge in [-0.2, -0.15) is 0 Å². The maximum atomic E-state index is 6.05. The van der Waals surface area contributed by atoms with Gasteiger partial charge in [-0.3, -0.25) is 4.98 Å². The Labute approximate surface area is 117 Å². The second kappa shape index (κ2) is 4.36. The van der Waals surface area contributed by atoms with E-state index in [0.29, 0.717) is 0 Å². The Balaban J connectivity index is 1.75. The first-order valence-corrected chi connectivity index (χ1v) is 7.19. The van der Waals surface area contributed by atoms with Crippen LogP contribution in [0.25, 0.3) is 10.9 Å². The van der Waals surface area contributed by atoms with E-state index in [0.717, 1.165) is 48.6 Å². The molecule has 0 aliphatic carbocycles. The van der Waals surface area contributed by atoms with Crippen LogP contribution in [0, 0.1) is 11.8 Å². The summed E-state index contributed by atoms with van der Waals surface area (Å²) in [6.07, 6.45) is 1.89. The summed E-state index contributed by atoms with van der Waals surface area (Å²) in [4.78, 5) is 6.93. The number of benzene rings is 1. The SMILES string of the molecule is Clc1ccc2c(N3CC4CNCC4C3)ccnc2c1. The summed E-state index contributed by atoms with van der Waals surface area (Å²) in [5, 5.41) is 5.44. The fraction of sp³-hybridized carbons (Fsp3) is 0.400. The predicted octanol–water partition coefficient (Wildman–Crippen LogP) is 2.54. The first kappa shape index (κ1) is 11.5. The topological polar surface area (TPSA) is 28.2 Å². The van der Waals surface area contributed by atoms with Crippen LogP contribution in [-0.2, 0) is 0 Å². The number of nitrogens with zero attached hydrogens (tertiary/aromatic N) is 2. The lowest BCUT2D eigenvalue weighted by Crippen LogP contribution is -2.25. The molecule has 2 aliphatic heterocycles. The van der Waals surface area contributed by atoms with E-state index in [-0.39, 0.29) is 0 Å². The fourth-order valence-electron chi connectivity index (χ4n) is 3.43. The van der Waals surface area contributed by atoms with Crippen LogP contribution in [0.5, 0.6) is 0 Å². The Bertz CT molecular complexity index is 616. The van der Waals surface area contributed by atoms with Gasteiger partial charge in [0, 0.05) is 48.5 Å². The Morgan fingerprint density at radius 2 is 1.95 bits per heavy atom. The van der Waals surface area contributed by atoms with E-state index in [2.05, 4.69) is 27.3 Å². The zero-order valence-electron chi connectivity index (χ0n) is 10.6. The van der Waals surface area contributed by atoms with E-state index in [9.17, 15) is 0 Å². The van der Waals surface area contributed by atoms with E-state index >= 15 is 0 Å². The maximum absolute atomic E-state index is 6.05. The van der Waals surface area contributed by atoms with Crippen molar-refractivity contribution in [3.8, 4) is 0 Å². The van der Waals surface area contributed by atoms with Crippen LogP contribution < -0.4 is 10.2 Å². The highest BCUT2D eigenvalue weighted by Crippen LogP contribution is 2.34. The number of pyridine rings is 1. The first-order chi connectivity index (χ1) is 9.31. The molecule has 2 saturated heterocycles. The molecule has 3 nitrogen and oxygen atoms in total. The molecule has 98 valence electrons. The lowest BCUT2D eigenvalue weighted by molar-refractivity contribution is 0.533. The number of fused-ring (bicyclic) bond motifs is 2. The minimum Gasteiger partial charge on any atom is -0.370 e. The number of hydrogen-bond acceptors (Lipinski definition) is 3. The van der Waals surface area contributed by atoms with Gasteiger partial charge in [0.2, 0.25) is 0 Å². The van der Waals surface area contributed by atoms with E-state index < -0.39 is 0 Å². The molecule has 0 amide bonds. The van der Waals surface area contributed by atoms with E-state index in [1.54, 1.807) is 0 Å². The molecule has 4 rings (SSSR count). The van der Waals surface area contributed by atoms with Crippen LogP contribution >= 0.6 is 11.6 Å². The van der Waals surface area contributed by atoms with Crippen molar-refractivity contribution >= 4 is 28.2 Å². The number of nitrogens with one attached hydrogen (secondary N) is 1. The Morgan fingerprint density at radius 3 is 2.74 bits per heavy atom. The van der Waals surface area contributed by atoms with Gasteiger partial charge >= 0.3 is 0 Å². The molecule has 1 N–H and O–H groups in total. The molecule has 4 heteroatoms. The number of halogens is 1. The van der Waals surface area contributed by atoms with Crippen molar-refractivity contribution < 1.29 is 0 Å². The van der Waals surface area contributed by atoms with Gasteiger partial charge in [0.25, 0.3) is 0 Å². The van der Waals surface area contributed by atoms with Gasteiger partial charge in [-0.1, -0.05) is 11.6 Å². The molecule has 2 fully saturated rings. The lowest BCUT2D eigenvalue weighted by Gasteiger charge is -2.21. The van der Waals surface area contributed by atoms with Crippen LogP contribution in [0.2, 0.25) is 5.02 Å². The van der Waals surface area contributed by atoms with Gasteiger partial charge in [0.1, 0.15) is 0 Å². The van der Waals surface area contributed by atoms with Crippen molar-refractivity contribution in [1.29, 1.82) is 0 Å². The summed E-state index contributed by atoms with van der Waals surface area (Å²) >= 11 is 6.05. The molecule has 2 unspecified atom stereocenters. The molecule has 0 radical (unpaired) electrons. The number of rotatable bonds is 1. The van der Waals surface area contributed by atoms with Crippen LogP contribution in [0.15, 0.2) is 30.5 Å². The van der Waals surface area contributed by atoms with Gasteiger partial charge < -0.3 is 10.2 Å². The minimum absolute atomic E-state index is 0.750. The highest BCUT2D eigenvalue weighted by molar-refractivity contribution is 6.31. The molecule has 0 spiro atoms. The minimum atomic E-state index is 0.750. The highest BCUT2D eigenvalue weighted by Gasteiger charge is 2.36. The molecule has 2 aliphatic rings. The monoisotopic (exact) mass is 273 g/mol. The molecule has 2 atom stereocenters. The van der Waals surface area contributed by atoms with Crippen molar-refractivity contribution in [3.63, 3.8) is 0 Å². The third-order valence-electron chi connectivity index (χ3n) is 4.41. The average molecular weight is 274 g/mol. The van der Waals surface area contributed by atoms with Crippen molar-refractivity contribution in [2.75, 3.05) is 31.1 Å². The first-order valence-electron chi connectivity index (χ1n) is 6.81. The van der Waals surface area contributed by atoms with Gasteiger partial charge in [-0.05, 0) is 36.1 Å². The quantitative estimate of drug-likeness (QED) is 0.866. The Kier molecular flexibility index (Phi) is 2.64. The second-order valence-electron chi connectivity index (χ2n) is 5.57. The molecular weight excluding hydrogens is 258 g/mol. The Morgan fingerprint density at radius 1 is 1.16 bits per heavy atom. The number of anilines is 1. The largest absolute Gasteiger partial charge is 0.370 e. The predicted molar refractivity (Wildman–Crippen MR) is 78.8 cm³/mol. The maximum Gasteiger partial charge on any atom is 0.0737 e. The normalized spacial score (nSPS) is 26.1. The van der Waals surface area contributed by atoms with Crippen molar-refractivity contribution in [2.24, 2.45) is 11.8 Å². The molecule has 1 aromatic carbocycles. The van der Waals surface area contributed by atoms with Crippen LogP contribution in [-0.4, -0.2) is 31.2 Å². The molecule has 3 heterocycles. The average Bonchev–Trinajstić information content (AvgIpc) is 2.98. The molecule has 0 saturated carbocycles. The zero-order chi connectivity index (χ0) is 12.8. The molecule has 2 aromatic rings. The molecule has 0 bridgehead atoms. The van der Waals surface area contributed by atoms with Gasteiger partial charge in [0.05, 0.1) is 5.52 Å². The number of aromatic nitrogens is 1. The van der Waals surface area contributed by atoms with E-state index in [1.807, 2.05) is 18.3 Å². The fourth-order valence-corrected chi connectivity index (χ4v) is 3.60. The smallest absolute Gasteiger partial charge is 0.0737 e. The second-order valence-corrected chi connectivity index (χ2v) is 6.01. The van der Waals surface area contributed by atoms with Crippen molar-refractivity contribution in [1.82, 2.24) is 10.3 Å². The highest BCUT2D eigenvalue weighted by atomic mass is 35.5. The Hall–Kier alpha value is -1.32. The standard InChI is InChI=1S/C15H16ClN3/c16-12-1-2-13-14(5-12)18-4-3-15(13)19-8-10-6-17-7-11(10)9-19/h1-5,10-11,17H,6-9H2. The third-order valence-corrected chi connectivity index (χ3v) is 4.65. The molecule has 1 aromatic heterocycles. The molecular formula is C15H16ClN3. The summed E-state index contributed by atoms with van der Waals surface area (Å²) < 4.78 is 0. The summed E-state index contributed by atoms with van der Waals surface area (Å²) in [5.74, 6) is 1.60. The van der Waals surface area contributed by atoms with Crippen LogP contribution in [0.1, 0.15) is 0 Å². The summed E-state index contributed by atoms with van der Waals surface area (Å²) in [6.45, 7) is 4.63. The van der Waals surface area contributed by atoms with E-state index in [4.69, 9.17) is 11.6 Å². The lowest BCUT2D eigenvalue weighted by atomic mass is 10.0. The molecule has 19 heavy (non-hydrogen) atoms. The van der Waals surface area contributed by atoms with Crippen LogP contribution in [0.3, 0.4) is 0 Å². The van der Waals surface area contributed by atoms with Crippen molar-refractivity contribution in [3.05, 3.63) is 35.5 Å². The summed E-state index contributed by atoms with van der Waals surface area (Å²) in [5.41, 5.74) is 2.29. The third kappa shape index (κ3) is 1.88.